The number of imidazole rings is 1. The van der Waals surface area contributed by atoms with Crippen LogP contribution in [0.1, 0.15) is 24.7 Å². The number of nitrogens with zero attached hydrogens (tertiary/aromatic N) is 2. The molecule has 2 N–H and O–H groups in total. The van der Waals surface area contributed by atoms with Gasteiger partial charge in [-0.25, -0.2) is 4.98 Å². The molecule has 1 aromatic carbocycles. The van der Waals surface area contributed by atoms with Gasteiger partial charge in [0.15, 0.2) is 0 Å². The highest BCUT2D eigenvalue weighted by molar-refractivity contribution is 5.27. The molecule has 4 heteroatoms. The minimum atomic E-state index is 0.254. The van der Waals surface area contributed by atoms with E-state index in [1.54, 1.807) is 0 Å². The summed E-state index contributed by atoms with van der Waals surface area (Å²) in [5.41, 5.74) is 7.07. The highest BCUT2D eigenvalue weighted by Gasteiger charge is 2.00. The normalized spacial score (nSPS) is 12.3. The molecule has 1 unspecified atom stereocenters. The molecule has 0 aliphatic carbocycles. The first-order valence-electron chi connectivity index (χ1n) is 7.10. The smallest absolute Gasteiger partial charge is 0.119 e. The molecule has 0 saturated carbocycles. The van der Waals surface area contributed by atoms with Gasteiger partial charge in [-0.15, -0.1) is 0 Å². The van der Waals surface area contributed by atoms with E-state index in [2.05, 4.69) is 21.7 Å². The van der Waals surface area contributed by atoms with E-state index < -0.39 is 0 Å². The molecule has 20 heavy (non-hydrogen) atoms. The van der Waals surface area contributed by atoms with E-state index in [9.17, 15) is 0 Å². The van der Waals surface area contributed by atoms with Gasteiger partial charge in [-0.05, 0) is 44.4 Å². The molecule has 0 bridgehead atoms. The molecule has 0 radical (unpaired) electrons. The van der Waals surface area contributed by atoms with E-state index >= 15 is 0 Å². The number of ether oxygens (including phenoxy) is 1. The average molecular weight is 273 g/mol. The summed E-state index contributed by atoms with van der Waals surface area (Å²) >= 11 is 0. The Balaban J connectivity index is 1.77. The minimum absolute atomic E-state index is 0.254. The van der Waals surface area contributed by atoms with Crippen LogP contribution in [0.2, 0.25) is 0 Å². The van der Waals surface area contributed by atoms with E-state index in [-0.39, 0.29) is 6.04 Å². The Labute approximate surface area is 120 Å². The molecule has 0 fully saturated rings. The molecular weight excluding hydrogens is 250 g/mol. The van der Waals surface area contributed by atoms with Gasteiger partial charge >= 0.3 is 0 Å². The van der Waals surface area contributed by atoms with Crippen LogP contribution in [-0.2, 0) is 13.0 Å². The topological polar surface area (TPSA) is 53.1 Å². The van der Waals surface area contributed by atoms with Gasteiger partial charge < -0.3 is 15.0 Å². The molecule has 1 atom stereocenters. The summed E-state index contributed by atoms with van der Waals surface area (Å²) in [6.07, 6.45) is 5.81. The van der Waals surface area contributed by atoms with E-state index in [1.165, 1.54) is 5.56 Å². The largest absolute Gasteiger partial charge is 0.492 e. The lowest BCUT2D eigenvalue weighted by Crippen LogP contribution is -2.15. The summed E-state index contributed by atoms with van der Waals surface area (Å²) in [5.74, 6) is 1.92. The predicted octanol–water partition coefficient (Wildman–Crippen LogP) is 2.55. The third kappa shape index (κ3) is 4.38. The van der Waals surface area contributed by atoms with Gasteiger partial charge in [0.1, 0.15) is 18.2 Å². The fourth-order valence-corrected chi connectivity index (χ4v) is 2.05. The Morgan fingerprint density at radius 1 is 1.30 bits per heavy atom. The molecule has 2 rings (SSSR count). The van der Waals surface area contributed by atoms with Crippen LogP contribution < -0.4 is 10.5 Å². The Bertz CT molecular complexity index is 517. The Morgan fingerprint density at radius 3 is 2.65 bits per heavy atom. The van der Waals surface area contributed by atoms with E-state index in [0.717, 1.165) is 31.0 Å². The molecule has 0 spiro atoms. The first-order valence-corrected chi connectivity index (χ1v) is 7.10. The zero-order chi connectivity index (χ0) is 14.4. The van der Waals surface area contributed by atoms with Crippen molar-refractivity contribution >= 4 is 0 Å². The third-order valence-corrected chi connectivity index (χ3v) is 3.34. The van der Waals surface area contributed by atoms with Crippen LogP contribution >= 0.6 is 0 Å². The highest BCUT2D eigenvalue weighted by atomic mass is 16.5. The summed E-state index contributed by atoms with van der Waals surface area (Å²) in [7, 11) is 0. The van der Waals surface area contributed by atoms with Crippen molar-refractivity contribution in [2.45, 2.75) is 39.3 Å². The fourth-order valence-electron chi connectivity index (χ4n) is 2.05. The highest BCUT2D eigenvalue weighted by Crippen LogP contribution is 2.14. The molecule has 0 amide bonds. The van der Waals surface area contributed by atoms with E-state index in [0.29, 0.717) is 6.61 Å². The molecular formula is C16H23N3O. The van der Waals surface area contributed by atoms with Crippen molar-refractivity contribution in [1.82, 2.24) is 9.55 Å². The SMILES string of the molecule is Cc1nccn1CCOc1ccc(CCC(C)N)cc1. The minimum Gasteiger partial charge on any atom is -0.492 e. The van der Waals surface area contributed by atoms with Gasteiger partial charge in [0.2, 0.25) is 0 Å². The molecule has 0 aliphatic rings. The number of rotatable bonds is 7. The first-order chi connectivity index (χ1) is 9.65. The van der Waals surface area contributed by atoms with Crippen molar-refractivity contribution in [3.63, 3.8) is 0 Å². The number of aromatic nitrogens is 2. The number of aryl methyl sites for hydroxylation is 2. The summed E-state index contributed by atoms with van der Waals surface area (Å²) in [6.45, 7) is 5.50. The fraction of sp³-hybridized carbons (Fsp3) is 0.438. The standard InChI is InChI=1S/C16H23N3O/c1-13(17)3-4-15-5-7-16(8-6-15)20-12-11-19-10-9-18-14(19)2/h5-10,13H,3-4,11-12,17H2,1-2H3. The summed E-state index contributed by atoms with van der Waals surface area (Å²) in [6, 6.07) is 8.53. The summed E-state index contributed by atoms with van der Waals surface area (Å²) in [5, 5.41) is 0. The molecule has 0 saturated heterocycles. The second kappa shape index (κ2) is 7.10. The lowest BCUT2D eigenvalue weighted by atomic mass is 10.1. The van der Waals surface area contributed by atoms with Gasteiger partial charge in [0.05, 0.1) is 6.54 Å². The lowest BCUT2D eigenvalue weighted by molar-refractivity contribution is 0.297. The Morgan fingerprint density at radius 2 is 2.05 bits per heavy atom. The van der Waals surface area contributed by atoms with Gasteiger partial charge in [0.25, 0.3) is 0 Å². The maximum absolute atomic E-state index is 5.76. The number of hydrogen-bond donors (Lipinski definition) is 1. The third-order valence-electron chi connectivity index (χ3n) is 3.34. The first kappa shape index (κ1) is 14.6. The Hall–Kier alpha value is -1.81. The lowest BCUT2D eigenvalue weighted by Gasteiger charge is -2.09. The molecule has 4 nitrogen and oxygen atoms in total. The number of hydrogen-bond acceptors (Lipinski definition) is 3. The van der Waals surface area contributed by atoms with Gasteiger partial charge in [-0.1, -0.05) is 12.1 Å². The van der Waals surface area contributed by atoms with Gasteiger partial charge in [-0.2, -0.15) is 0 Å². The van der Waals surface area contributed by atoms with E-state index in [1.807, 2.05) is 38.4 Å². The maximum Gasteiger partial charge on any atom is 0.119 e. The van der Waals surface area contributed by atoms with Crippen LogP contribution in [0.25, 0.3) is 0 Å². The Kier molecular flexibility index (Phi) is 5.18. The second-order valence-corrected chi connectivity index (χ2v) is 5.18. The van der Waals surface area contributed by atoms with Crippen molar-refractivity contribution in [2.75, 3.05) is 6.61 Å². The van der Waals surface area contributed by atoms with Crippen molar-refractivity contribution < 1.29 is 4.74 Å². The summed E-state index contributed by atoms with van der Waals surface area (Å²) < 4.78 is 7.82. The summed E-state index contributed by atoms with van der Waals surface area (Å²) in [4.78, 5) is 4.19. The van der Waals surface area contributed by atoms with Crippen LogP contribution in [0.4, 0.5) is 0 Å². The van der Waals surface area contributed by atoms with E-state index in [4.69, 9.17) is 10.5 Å². The van der Waals surface area contributed by atoms with Crippen LogP contribution in [0.3, 0.4) is 0 Å². The van der Waals surface area contributed by atoms with Crippen molar-refractivity contribution in [3.8, 4) is 5.75 Å². The van der Waals surface area contributed by atoms with Crippen molar-refractivity contribution in [2.24, 2.45) is 5.73 Å². The number of benzene rings is 1. The van der Waals surface area contributed by atoms with Gasteiger partial charge in [0, 0.05) is 18.4 Å². The molecule has 1 heterocycles. The maximum atomic E-state index is 5.76. The average Bonchev–Trinajstić information content (AvgIpc) is 2.83. The zero-order valence-corrected chi connectivity index (χ0v) is 12.2. The predicted molar refractivity (Wildman–Crippen MR) is 80.9 cm³/mol. The van der Waals surface area contributed by atoms with Crippen LogP contribution in [0.5, 0.6) is 5.75 Å². The number of nitrogens with two attached hydrogens (primary N) is 1. The van der Waals surface area contributed by atoms with Gasteiger partial charge in [-0.3, -0.25) is 0 Å². The van der Waals surface area contributed by atoms with Crippen molar-refractivity contribution in [1.29, 1.82) is 0 Å². The molecule has 0 aliphatic heterocycles. The zero-order valence-electron chi connectivity index (χ0n) is 12.2. The molecule has 1 aromatic heterocycles. The van der Waals surface area contributed by atoms with Crippen molar-refractivity contribution in [3.05, 3.63) is 48.0 Å². The quantitative estimate of drug-likeness (QED) is 0.843. The van der Waals surface area contributed by atoms with Crippen LogP contribution in [0, 0.1) is 6.92 Å². The molecule has 2 aromatic rings. The monoisotopic (exact) mass is 273 g/mol. The van der Waals surface area contributed by atoms with Crippen LogP contribution in [0.15, 0.2) is 36.7 Å². The van der Waals surface area contributed by atoms with Crippen LogP contribution in [-0.4, -0.2) is 22.2 Å². The molecule has 108 valence electrons. The second-order valence-electron chi connectivity index (χ2n) is 5.18.